The molecule has 2 saturated heterocycles. The molecule has 2 heterocycles. The minimum absolute atomic E-state index is 0. The molecule has 0 spiro atoms. The standard InChI is InChI=1S/C11H20N2OS.ClH/c14-11(10-2-1-7-15-10)13-6-4-9-3-5-12-8-9;/h9-10,12H,1-8H2,(H,13,14);1H. The third-order valence-corrected chi connectivity index (χ3v) is 4.61. The second-order valence-electron chi connectivity index (χ2n) is 4.44. The van der Waals surface area contributed by atoms with Crippen molar-refractivity contribution in [3.63, 3.8) is 0 Å². The first kappa shape index (κ1) is 14.1. The van der Waals surface area contributed by atoms with Crippen LogP contribution in [0.15, 0.2) is 0 Å². The van der Waals surface area contributed by atoms with Crippen molar-refractivity contribution in [1.29, 1.82) is 0 Å². The molecule has 5 heteroatoms. The van der Waals surface area contributed by atoms with Crippen molar-refractivity contribution in [2.24, 2.45) is 5.92 Å². The first-order chi connectivity index (χ1) is 7.36. The Kier molecular flexibility index (Phi) is 6.54. The summed E-state index contributed by atoms with van der Waals surface area (Å²) in [5.41, 5.74) is 0. The normalized spacial score (nSPS) is 28.8. The van der Waals surface area contributed by atoms with E-state index in [1.807, 2.05) is 11.8 Å². The van der Waals surface area contributed by atoms with Gasteiger partial charge in [-0.1, -0.05) is 0 Å². The molecule has 2 N–H and O–H groups in total. The summed E-state index contributed by atoms with van der Waals surface area (Å²) in [5.74, 6) is 2.20. The molecule has 2 aliphatic heterocycles. The molecule has 2 unspecified atom stereocenters. The monoisotopic (exact) mass is 264 g/mol. The minimum Gasteiger partial charge on any atom is -0.355 e. The molecular weight excluding hydrogens is 244 g/mol. The molecule has 0 aromatic heterocycles. The maximum absolute atomic E-state index is 11.7. The second-order valence-corrected chi connectivity index (χ2v) is 5.75. The highest BCUT2D eigenvalue weighted by molar-refractivity contribution is 8.00. The maximum atomic E-state index is 11.7. The Balaban J connectivity index is 0.00000128. The van der Waals surface area contributed by atoms with Crippen molar-refractivity contribution >= 4 is 30.1 Å². The van der Waals surface area contributed by atoms with Crippen molar-refractivity contribution < 1.29 is 4.79 Å². The molecule has 2 aliphatic rings. The zero-order valence-corrected chi connectivity index (χ0v) is 11.2. The van der Waals surface area contributed by atoms with E-state index in [0.29, 0.717) is 0 Å². The van der Waals surface area contributed by atoms with Gasteiger partial charge in [0.1, 0.15) is 0 Å². The van der Waals surface area contributed by atoms with Crippen molar-refractivity contribution in [3.05, 3.63) is 0 Å². The topological polar surface area (TPSA) is 41.1 Å². The van der Waals surface area contributed by atoms with E-state index in [1.165, 1.54) is 12.8 Å². The van der Waals surface area contributed by atoms with Gasteiger partial charge in [-0.15, -0.1) is 24.2 Å². The summed E-state index contributed by atoms with van der Waals surface area (Å²) >= 11 is 1.81. The van der Waals surface area contributed by atoms with Gasteiger partial charge in [-0.05, 0) is 50.4 Å². The summed E-state index contributed by atoms with van der Waals surface area (Å²) in [6.07, 6.45) is 4.68. The van der Waals surface area contributed by atoms with Crippen LogP contribution in [0.1, 0.15) is 25.7 Å². The zero-order chi connectivity index (χ0) is 10.5. The number of carbonyl (C=O) groups is 1. The van der Waals surface area contributed by atoms with E-state index in [2.05, 4.69) is 10.6 Å². The number of hydrogen-bond donors (Lipinski definition) is 2. The predicted molar refractivity (Wildman–Crippen MR) is 71.3 cm³/mol. The van der Waals surface area contributed by atoms with Crippen molar-refractivity contribution in [1.82, 2.24) is 10.6 Å². The third-order valence-electron chi connectivity index (χ3n) is 3.24. The highest BCUT2D eigenvalue weighted by Gasteiger charge is 2.23. The van der Waals surface area contributed by atoms with Crippen molar-refractivity contribution in [2.45, 2.75) is 30.9 Å². The highest BCUT2D eigenvalue weighted by Crippen LogP contribution is 2.26. The van der Waals surface area contributed by atoms with Gasteiger partial charge in [-0.2, -0.15) is 0 Å². The number of hydrogen-bond acceptors (Lipinski definition) is 3. The van der Waals surface area contributed by atoms with Gasteiger partial charge in [0.15, 0.2) is 0 Å². The molecule has 0 bridgehead atoms. The zero-order valence-electron chi connectivity index (χ0n) is 9.54. The Hall–Kier alpha value is 0.0700. The van der Waals surface area contributed by atoms with Crippen LogP contribution in [0.2, 0.25) is 0 Å². The lowest BCUT2D eigenvalue weighted by Crippen LogP contribution is -2.33. The average Bonchev–Trinajstić information content (AvgIpc) is 2.90. The molecule has 0 aromatic carbocycles. The van der Waals surface area contributed by atoms with E-state index in [0.717, 1.165) is 44.1 Å². The van der Waals surface area contributed by atoms with Gasteiger partial charge in [0.05, 0.1) is 5.25 Å². The van der Waals surface area contributed by atoms with Gasteiger partial charge in [-0.25, -0.2) is 0 Å². The van der Waals surface area contributed by atoms with E-state index in [4.69, 9.17) is 0 Å². The molecule has 94 valence electrons. The molecule has 3 nitrogen and oxygen atoms in total. The molecule has 16 heavy (non-hydrogen) atoms. The quantitative estimate of drug-likeness (QED) is 0.807. The van der Waals surface area contributed by atoms with Crippen LogP contribution in [0, 0.1) is 5.92 Å². The lowest BCUT2D eigenvalue weighted by Gasteiger charge is -2.12. The molecule has 2 rings (SSSR count). The first-order valence-electron chi connectivity index (χ1n) is 5.96. The largest absolute Gasteiger partial charge is 0.355 e. The van der Waals surface area contributed by atoms with E-state index < -0.39 is 0 Å². The third kappa shape index (κ3) is 4.15. The molecule has 2 fully saturated rings. The number of rotatable bonds is 4. The van der Waals surface area contributed by atoms with E-state index in [-0.39, 0.29) is 23.6 Å². The number of carbonyl (C=O) groups excluding carboxylic acids is 1. The fraction of sp³-hybridized carbons (Fsp3) is 0.909. The van der Waals surface area contributed by atoms with Crippen molar-refractivity contribution in [2.75, 3.05) is 25.4 Å². The van der Waals surface area contributed by atoms with Gasteiger partial charge in [0.2, 0.25) is 5.91 Å². The molecule has 1 amide bonds. The maximum Gasteiger partial charge on any atom is 0.233 e. The molecule has 0 aliphatic carbocycles. The summed E-state index contributed by atoms with van der Waals surface area (Å²) in [6.45, 7) is 3.15. The van der Waals surface area contributed by atoms with Gasteiger partial charge in [-0.3, -0.25) is 4.79 Å². The predicted octanol–water partition coefficient (Wildman–Crippen LogP) is 1.42. The second kappa shape index (κ2) is 7.41. The Labute approximate surface area is 108 Å². The number of thioether (sulfide) groups is 1. The van der Waals surface area contributed by atoms with Crippen LogP contribution in [0.5, 0.6) is 0 Å². The Morgan fingerprint density at radius 2 is 2.31 bits per heavy atom. The van der Waals surface area contributed by atoms with Crippen LogP contribution in [-0.2, 0) is 4.79 Å². The van der Waals surface area contributed by atoms with Gasteiger partial charge in [0.25, 0.3) is 0 Å². The SMILES string of the molecule is Cl.O=C(NCCC1CCNC1)C1CCCS1. The lowest BCUT2D eigenvalue weighted by molar-refractivity contribution is -0.120. The van der Waals surface area contributed by atoms with Gasteiger partial charge < -0.3 is 10.6 Å². The number of halogens is 1. The molecule has 0 saturated carbocycles. The molecular formula is C11H21ClN2OS. The highest BCUT2D eigenvalue weighted by atomic mass is 35.5. The molecule has 0 aromatic rings. The minimum atomic E-state index is 0. The van der Waals surface area contributed by atoms with Gasteiger partial charge >= 0.3 is 0 Å². The summed E-state index contributed by atoms with van der Waals surface area (Å²) in [7, 11) is 0. The van der Waals surface area contributed by atoms with E-state index in [1.54, 1.807) is 0 Å². The van der Waals surface area contributed by atoms with E-state index in [9.17, 15) is 4.79 Å². The van der Waals surface area contributed by atoms with Crippen LogP contribution in [-0.4, -0.2) is 36.5 Å². The van der Waals surface area contributed by atoms with Gasteiger partial charge in [0, 0.05) is 6.54 Å². The molecule has 0 radical (unpaired) electrons. The van der Waals surface area contributed by atoms with Crippen LogP contribution >= 0.6 is 24.2 Å². The fourth-order valence-corrected chi connectivity index (χ4v) is 3.44. The summed E-state index contributed by atoms with van der Waals surface area (Å²) < 4.78 is 0. The summed E-state index contributed by atoms with van der Waals surface area (Å²) in [5, 5.41) is 6.65. The Morgan fingerprint density at radius 1 is 1.44 bits per heavy atom. The lowest BCUT2D eigenvalue weighted by atomic mass is 10.1. The Bertz CT molecular complexity index is 216. The number of nitrogens with one attached hydrogen (secondary N) is 2. The summed E-state index contributed by atoms with van der Waals surface area (Å²) in [4.78, 5) is 11.7. The van der Waals surface area contributed by atoms with Crippen LogP contribution in [0.3, 0.4) is 0 Å². The van der Waals surface area contributed by atoms with E-state index >= 15 is 0 Å². The van der Waals surface area contributed by atoms with Crippen LogP contribution in [0.4, 0.5) is 0 Å². The number of amides is 1. The molecule has 2 atom stereocenters. The van der Waals surface area contributed by atoms with Crippen LogP contribution < -0.4 is 10.6 Å². The smallest absolute Gasteiger partial charge is 0.233 e. The fourth-order valence-electron chi connectivity index (χ4n) is 2.26. The van der Waals surface area contributed by atoms with Crippen molar-refractivity contribution in [3.8, 4) is 0 Å². The van der Waals surface area contributed by atoms with Crippen LogP contribution in [0.25, 0.3) is 0 Å². The Morgan fingerprint density at radius 3 is 2.94 bits per heavy atom. The first-order valence-corrected chi connectivity index (χ1v) is 7.01. The summed E-state index contributed by atoms with van der Waals surface area (Å²) in [6, 6.07) is 0. The average molecular weight is 265 g/mol.